The number of thiophene rings is 1. The van der Waals surface area contributed by atoms with Crippen molar-refractivity contribution in [3.63, 3.8) is 0 Å². The zero-order valence-electron chi connectivity index (χ0n) is 7.36. The average Bonchev–Trinajstić information content (AvgIpc) is 2.47. The van der Waals surface area contributed by atoms with E-state index in [1.54, 1.807) is 11.3 Å². The molecule has 0 saturated carbocycles. The van der Waals surface area contributed by atoms with Gasteiger partial charge in [-0.05, 0) is 23.4 Å². The molecule has 0 aromatic carbocycles. The summed E-state index contributed by atoms with van der Waals surface area (Å²) in [5, 5.41) is 2.02. The van der Waals surface area contributed by atoms with Crippen LogP contribution < -0.4 is 0 Å². The Labute approximate surface area is 82.0 Å². The molecule has 0 saturated heterocycles. The third kappa shape index (κ3) is 1.77. The number of fused-ring (bicyclic) bond motifs is 1. The molecule has 13 heavy (non-hydrogen) atoms. The maximum absolute atomic E-state index is 11.2. The summed E-state index contributed by atoms with van der Waals surface area (Å²) in [5.74, 6) is 0. The molecule has 1 aromatic heterocycles. The Morgan fingerprint density at radius 2 is 2.31 bits per heavy atom. The summed E-state index contributed by atoms with van der Waals surface area (Å²) in [6.45, 7) is 1.19. The lowest BCUT2D eigenvalue weighted by atomic mass is 10.1. The molecule has 3 nitrogen and oxygen atoms in total. The van der Waals surface area contributed by atoms with E-state index in [9.17, 15) is 8.42 Å². The molecular weight excluding hydrogens is 206 g/mol. The van der Waals surface area contributed by atoms with Crippen LogP contribution in [0, 0.1) is 0 Å². The van der Waals surface area contributed by atoms with Gasteiger partial charge in [-0.1, -0.05) is 0 Å². The third-order valence-corrected chi connectivity index (χ3v) is 4.45. The molecular formula is C8H11NO2S2. The number of hydrogen-bond donors (Lipinski definition) is 0. The second kappa shape index (κ2) is 3.08. The van der Waals surface area contributed by atoms with Gasteiger partial charge in [0.25, 0.3) is 0 Å². The van der Waals surface area contributed by atoms with Crippen LogP contribution in [-0.4, -0.2) is 25.5 Å². The van der Waals surface area contributed by atoms with Gasteiger partial charge in [-0.25, -0.2) is 8.42 Å². The Hall–Kier alpha value is -0.390. The first kappa shape index (κ1) is 9.18. The van der Waals surface area contributed by atoms with Crippen LogP contribution in [0.25, 0.3) is 0 Å². The van der Waals surface area contributed by atoms with E-state index in [1.165, 1.54) is 21.0 Å². The van der Waals surface area contributed by atoms with Crippen molar-refractivity contribution >= 4 is 21.4 Å². The highest BCUT2D eigenvalue weighted by atomic mass is 32.2. The highest BCUT2D eigenvalue weighted by Gasteiger charge is 2.23. The lowest BCUT2D eigenvalue weighted by Gasteiger charge is -2.24. The normalized spacial score (nSPS) is 18.5. The molecule has 5 heteroatoms. The monoisotopic (exact) mass is 217 g/mol. The average molecular weight is 217 g/mol. The molecule has 0 unspecified atom stereocenters. The van der Waals surface area contributed by atoms with Gasteiger partial charge in [0.05, 0.1) is 6.26 Å². The number of nitrogens with zero attached hydrogens (tertiary/aromatic N) is 1. The minimum atomic E-state index is -3.01. The SMILES string of the molecule is CS(=O)(=O)N1CCc2ccsc2C1. The summed E-state index contributed by atoms with van der Waals surface area (Å²) < 4.78 is 24.0. The van der Waals surface area contributed by atoms with E-state index in [2.05, 4.69) is 6.07 Å². The second-order valence-corrected chi connectivity index (χ2v) is 6.20. The van der Waals surface area contributed by atoms with Crippen molar-refractivity contribution in [2.45, 2.75) is 13.0 Å². The number of sulfonamides is 1. The van der Waals surface area contributed by atoms with Gasteiger partial charge in [-0.2, -0.15) is 4.31 Å². The van der Waals surface area contributed by atoms with Crippen molar-refractivity contribution < 1.29 is 8.42 Å². The fraction of sp³-hybridized carbons (Fsp3) is 0.500. The van der Waals surface area contributed by atoms with Gasteiger partial charge >= 0.3 is 0 Å². The first-order valence-corrected chi connectivity index (χ1v) is 6.80. The zero-order valence-corrected chi connectivity index (χ0v) is 8.99. The maximum atomic E-state index is 11.2. The number of rotatable bonds is 1. The van der Waals surface area contributed by atoms with E-state index in [4.69, 9.17) is 0 Å². The molecule has 0 aliphatic carbocycles. The van der Waals surface area contributed by atoms with Gasteiger partial charge in [0, 0.05) is 18.0 Å². The van der Waals surface area contributed by atoms with Gasteiger partial charge in [0.15, 0.2) is 0 Å². The Bertz CT molecular complexity index is 408. The van der Waals surface area contributed by atoms with E-state index in [1.807, 2.05) is 5.38 Å². The van der Waals surface area contributed by atoms with Crippen LogP contribution in [-0.2, 0) is 23.0 Å². The van der Waals surface area contributed by atoms with E-state index in [0.717, 1.165) is 6.42 Å². The standard InChI is InChI=1S/C8H11NO2S2/c1-13(10,11)9-4-2-7-3-5-12-8(7)6-9/h3,5H,2,4,6H2,1H3. The van der Waals surface area contributed by atoms with Crippen molar-refractivity contribution in [1.82, 2.24) is 4.31 Å². The minimum absolute atomic E-state index is 0.561. The summed E-state index contributed by atoms with van der Waals surface area (Å²) in [7, 11) is -3.01. The second-order valence-electron chi connectivity index (χ2n) is 3.22. The van der Waals surface area contributed by atoms with Crippen LogP contribution in [0.15, 0.2) is 11.4 Å². The molecule has 0 amide bonds. The van der Waals surface area contributed by atoms with Crippen molar-refractivity contribution in [2.75, 3.05) is 12.8 Å². The zero-order chi connectivity index (χ0) is 9.47. The van der Waals surface area contributed by atoms with E-state index in [0.29, 0.717) is 13.1 Å². The predicted octanol–water partition coefficient (Wildman–Crippen LogP) is 1.07. The van der Waals surface area contributed by atoms with Crippen LogP contribution in [0.4, 0.5) is 0 Å². The molecule has 1 aliphatic heterocycles. The van der Waals surface area contributed by atoms with Crippen LogP contribution in [0.5, 0.6) is 0 Å². The number of hydrogen-bond acceptors (Lipinski definition) is 3. The molecule has 0 bridgehead atoms. The molecule has 1 aliphatic rings. The molecule has 0 radical (unpaired) electrons. The van der Waals surface area contributed by atoms with Gasteiger partial charge in [-0.3, -0.25) is 0 Å². The molecule has 0 spiro atoms. The van der Waals surface area contributed by atoms with Gasteiger partial charge in [0.1, 0.15) is 0 Å². The van der Waals surface area contributed by atoms with Gasteiger partial charge < -0.3 is 0 Å². The van der Waals surface area contributed by atoms with Crippen molar-refractivity contribution in [2.24, 2.45) is 0 Å². The fourth-order valence-electron chi connectivity index (χ4n) is 1.50. The van der Waals surface area contributed by atoms with Crippen LogP contribution in [0.3, 0.4) is 0 Å². The molecule has 2 heterocycles. The molecule has 0 fully saturated rings. The first-order chi connectivity index (χ1) is 6.07. The van der Waals surface area contributed by atoms with E-state index >= 15 is 0 Å². The topological polar surface area (TPSA) is 37.4 Å². The van der Waals surface area contributed by atoms with E-state index in [-0.39, 0.29) is 0 Å². The van der Waals surface area contributed by atoms with Crippen molar-refractivity contribution in [1.29, 1.82) is 0 Å². The largest absolute Gasteiger partial charge is 0.212 e. The summed E-state index contributed by atoms with van der Waals surface area (Å²) in [4.78, 5) is 1.19. The lowest BCUT2D eigenvalue weighted by Crippen LogP contribution is -2.34. The lowest BCUT2D eigenvalue weighted by molar-refractivity contribution is 0.399. The highest BCUT2D eigenvalue weighted by Crippen LogP contribution is 2.25. The predicted molar refractivity (Wildman–Crippen MR) is 53.3 cm³/mol. The quantitative estimate of drug-likeness (QED) is 0.705. The first-order valence-electron chi connectivity index (χ1n) is 4.08. The summed E-state index contributed by atoms with van der Waals surface area (Å²) in [5.41, 5.74) is 1.31. The Kier molecular flexibility index (Phi) is 2.17. The summed E-state index contributed by atoms with van der Waals surface area (Å²) in [6, 6.07) is 2.08. The molecule has 1 aromatic rings. The smallest absolute Gasteiger partial charge is 0.211 e. The Morgan fingerprint density at radius 1 is 1.54 bits per heavy atom. The van der Waals surface area contributed by atoms with Gasteiger partial charge in [0.2, 0.25) is 10.0 Å². The van der Waals surface area contributed by atoms with Crippen LogP contribution >= 0.6 is 11.3 Å². The molecule has 2 rings (SSSR count). The maximum Gasteiger partial charge on any atom is 0.211 e. The third-order valence-electron chi connectivity index (χ3n) is 2.26. The Morgan fingerprint density at radius 3 is 3.00 bits per heavy atom. The Balaban J connectivity index is 2.27. The van der Waals surface area contributed by atoms with Crippen molar-refractivity contribution in [3.05, 3.63) is 21.9 Å². The highest BCUT2D eigenvalue weighted by molar-refractivity contribution is 7.88. The summed E-state index contributed by atoms with van der Waals surface area (Å²) in [6.07, 6.45) is 2.12. The van der Waals surface area contributed by atoms with Crippen molar-refractivity contribution in [3.8, 4) is 0 Å². The molecule has 0 atom stereocenters. The molecule has 0 N–H and O–H groups in total. The van der Waals surface area contributed by atoms with Crippen LogP contribution in [0.1, 0.15) is 10.4 Å². The van der Waals surface area contributed by atoms with E-state index < -0.39 is 10.0 Å². The summed E-state index contributed by atoms with van der Waals surface area (Å²) >= 11 is 1.64. The fourth-order valence-corrected chi connectivity index (χ4v) is 3.31. The van der Waals surface area contributed by atoms with Gasteiger partial charge in [-0.15, -0.1) is 11.3 Å². The molecule has 72 valence electrons. The van der Waals surface area contributed by atoms with Crippen LogP contribution in [0.2, 0.25) is 0 Å². The minimum Gasteiger partial charge on any atom is -0.212 e.